The summed E-state index contributed by atoms with van der Waals surface area (Å²) >= 11 is 0. The molecule has 0 fully saturated rings. The van der Waals surface area contributed by atoms with Gasteiger partial charge in [0.1, 0.15) is 0 Å². The summed E-state index contributed by atoms with van der Waals surface area (Å²) in [7, 11) is 0. The molecule has 0 aliphatic carbocycles. The Morgan fingerprint density at radius 1 is 1.17 bits per heavy atom. The number of aromatic nitrogens is 1. The molecule has 0 aliphatic heterocycles. The summed E-state index contributed by atoms with van der Waals surface area (Å²) in [5.41, 5.74) is 0. The van der Waals surface area contributed by atoms with Crippen LogP contribution in [0.4, 0.5) is 0 Å². The zero-order valence-electron chi connectivity index (χ0n) is 7.95. The lowest BCUT2D eigenvalue weighted by atomic mass is 10.4. The Morgan fingerprint density at radius 2 is 1.67 bits per heavy atom. The summed E-state index contributed by atoms with van der Waals surface area (Å²) in [6.07, 6.45) is 3.75. The second-order valence-electron chi connectivity index (χ2n) is 2.25. The molecule has 1 heterocycles. The third kappa shape index (κ3) is 4.61. The Morgan fingerprint density at radius 3 is 2.08 bits per heavy atom. The van der Waals surface area contributed by atoms with E-state index >= 15 is 0 Å². The quantitative estimate of drug-likeness (QED) is 0.611. The number of hydrogen-bond donors (Lipinski definition) is 0. The van der Waals surface area contributed by atoms with E-state index in [1.54, 1.807) is 6.92 Å². The Hall–Kier alpha value is -1.18. The molecule has 0 aromatic carbocycles. The molecule has 1 aromatic heterocycles. The van der Waals surface area contributed by atoms with Crippen LogP contribution < -0.4 is 4.57 Å². The van der Waals surface area contributed by atoms with Crippen LogP contribution in [0.25, 0.3) is 0 Å². The summed E-state index contributed by atoms with van der Waals surface area (Å²) in [4.78, 5) is 10.6. The summed E-state index contributed by atoms with van der Waals surface area (Å²) < 4.78 is 1.85. The number of carbonyl (C=O) groups excluding carboxylic acids is 1. The predicted octanol–water partition coefficient (Wildman–Crippen LogP) is 1.59. The Labute approximate surface area is 73.9 Å². The molecule has 0 bridgehead atoms. The molecule has 0 radical (unpaired) electrons. The van der Waals surface area contributed by atoms with Gasteiger partial charge in [0.05, 0.1) is 0 Å². The lowest BCUT2D eigenvalue weighted by molar-refractivity contribution is -0.684. The van der Waals surface area contributed by atoms with Gasteiger partial charge in [-0.1, -0.05) is 19.9 Å². The van der Waals surface area contributed by atoms with E-state index < -0.39 is 0 Å². The van der Waals surface area contributed by atoms with Crippen molar-refractivity contribution in [2.24, 2.45) is 0 Å². The van der Waals surface area contributed by atoms with E-state index in [0.717, 1.165) is 0 Å². The number of rotatable bonds is 2. The molecule has 0 aliphatic rings. The molecule has 0 amide bonds. The smallest absolute Gasteiger partial charge is 0.206 e. The molecule has 0 atom stereocenters. The number of Topliss-reactive ketones (excluding diaryl/α,β-unsaturated/α-hetero) is 1. The second kappa shape index (κ2) is 6.53. The summed E-state index contributed by atoms with van der Waals surface area (Å²) in [6, 6.07) is 5.74. The SMILES string of the molecule is CC.CC(=O)C[n+]1ccccc1. The van der Waals surface area contributed by atoms with Gasteiger partial charge < -0.3 is 0 Å². The van der Waals surface area contributed by atoms with Crippen LogP contribution >= 0.6 is 0 Å². The van der Waals surface area contributed by atoms with E-state index in [9.17, 15) is 4.79 Å². The van der Waals surface area contributed by atoms with Gasteiger partial charge in [-0.05, 0) is 0 Å². The van der Waals surface area contributed by atoms with Gasteiger partial charge in [0, 0.05) is 19.1 Å². The van der Waals surface area contributed by atoms with E-state index in [2.05, 4.69) is 0 Å². The van der Waals surface area contributed by atoms with Gasteiger partial charge in [0.25, 0.3) is 0 Å². The summed E-state index contributed by atoms with van der Waals surface area (Å²) in [6.45, 7) is 6.06. The highest BCUT2D eigenvalue weighted by Crippen LogP contribution is 1.77. The molecule has 0 N–H and O–H groups in total. The van der Waals surface area contributed by atoms with Crippen molar-refractivity contribution in [3.63, 3.8) is 0 Å². The van der Waals surface area contributed by atoms with Gasteiger partial charge in [-0.3, -0.25) is 4.79 Å². The Kier molecular flexibility index (Phi) is 5.88. The third-order valence-electron chi connectivity index (χ3n) is 1.18. The van der Waals surface area contributed by atoms with Crippen LogP contribution in [0.2, 0.25) is 0 Å². The van der Waals surface area contributed by atoms with Crippen LogP contribution in [0.15, 0.2) is 30.6 Å². The zero-order chi connectivity index (χ0) is 9.40. The fourth-order valence-electron chi connectivity index (χ4n) is 0.797. The van der Waals surface area contributed by atoms with E-state index in [1.165, 1.54) is 0 Å². The highest BCUT2D eigenvalue weighted by Gasteiger charge is 1.99. The lowest BCUT2D eigenvalue weighted by Gasteiger charge is -1.88. The fourth-order valence-corrected chi connectivity index (χ4v) is 0.797. The van der Waals surface area contributed by atoms with Gasteiger partial charge in [-0.2, -0.15) is 4.57 Å². The molecule has 12 heavy (non-hydrogen) atoms. The first-order chi connectivity index (χ1) is 5.79. The maximum Gasteiger partial charge on any atom is 0.206 e. The van der Waals surface area contributed by atoms with Crippen LogP contribution in [0.1, 0.15) is 20.8 Å². The van der Waals surface area contributed by atoms with Crippen molar-refractivity contribution in [3.8, 4) is 0 Å². The molecule has 0 spiro atoms. The first kappa shape index (κ1) is 10.8. The van der Waals surface area contributed by atoms with Gasteiger partial charge in [0.15, 0.2) is 18.2 Å². The molecular weight excluding hydrogens is 150 g/mol. The maximum atomic E-state index is 10.6. The van der Waals surface area contributed by atoms with Gasteiger partial charge >= 0.3 is 0 Å². The van der Waals surface area contributed by atoms with Crippen LogP contribution in [0, 0.1) is 0 Å². The first-order valence-electron chi connectivity index (χ1n) is 4.22. The van der Waals surface area contributed by atoms with Crippen LogP contribution in [-0.2, 0) is 11.3 Å². The highest BCUT2D eigenvalue weighted by molar-refractivity contribution is 5.73. The van der Waals surface area contributed by atoms with Gasteiger partial charge in [-0.25, -0.2) is 0 Å². The van der Waals surface area contributed by atoms with Crippen molar-refractivity contribution in [2.75, 3.05) is 0 Å². The minimum Gasteiger partial charge on any atom is -0.293 e. The molecule has 2 heteroatoms. The van der Waals surface area contributed by atoms with E-state index in [1.807, 2.05) is 49.0 Å². The first-order valence-corrected chi connectivity index (χ1v) is 4.22. The zero-order valence-corrected chi connectivity index (χ0v) is 7.95. The average Bonchev–Trinajstić information content (AvgIpc) is 2.08. The van der Waals surface area contributed by atoms with E-state index in [4.69, 9.17) is 0 Å². The Bertz CT molecular complexity index is 219. The normalized spacial score (nSPS) is 8.25. The number of hydrogen-bond acceptors (Lipinski definition) is 1. The molecule has 66 valence electrons. The van der Waals surface area contributed by atoms with E-state index in [-0.39, 0.29) is 5.78 Å². The average molecular weight is 166 g/mol. The maximum absolute atomic E-state index is 10.6. The van der Waals surface area contributed by atoms with Crippen LogP contribution in [0.3, 0.4) is 0 Å². The monoisotopic (exact) mass is 166 g/mol. The Balaban J connectivity index is 0.000000561. The number of pyridine rings is 1. The summed E-state index contributed by atoms with van der Waals surface area (Å²) in [5.74, 6) is 0.177. The van der Waals surface area contributed by atoms with Crippen LogP contribution in [-0.4, -0.2) is 5.78 Å². The number of nitrogens with zero attached hydrogens (tertiary/aromatic N) is 1. The van der Waals surface area contributed by atoms with Crippen molar-refractivity contribution in [2.45, 2.75) is 27.3 Å². The fraction of sp³-hybridized carbons (Fsp3) is 0.400. The van der Waals surface area contributed by atoms with Gasteiger partial charge in [0.2, 0.25) is 6.54 Å². The summed E-state index contributed by atoms with van der Waals surface area (Å²) in [5, 5.41) is 0. The third-order valence-corrected chi connectivity index (χ3v) is 1.18. The van der Waals surface area contributed by atoms with Crippen molar-refractivity contribution in [1.29, 1.82) is 0 Å². The molecule has 1 rings (SSSR count). The topological polar surface area (TPSA) is 20.9 Å². The predicted molar refractivity (Wildman–Crippen MR) is 48.7 cm³/mol. The molecular formula is C10H16NO+. The molecule has 0 saturated carbocycles. The molecule has 2 nitrogen and oxygen atoms in total. The van der Waals surface area contributed by atoms with E-state index in [0.29, 0.717) is 6.54 Å². The second-order valence-corrected chi connectivity index (χ2v) is 2.25. The lowest BCUT2D eigenvalue weighted by Crippen LogP contribution is -2.35. The van der Waals surface area contributed by atoms with Crippen molar-refractivity contribution >= 4 is 5.78 Å². The standard InChI is InChI=1S/C8H10NO.C2H6/c1-8(10)7-9-5-3-2-4-6-9;1-2/h2-6H,7H2,1H3;1-2H3/q+1;. The highest BCUT2D eigenvalue weighted by atomic mass is 16.1. The molecule has 1 aromatic rings. The molecule has 0 saturated heterocycles. The van der Waals surface area contributed by atoms with Crippen LogP contribution in [0.5, 0.6) is 0 Å². The van der Waals surface area contributed by atoms with Crippen molar-refractivity contribution < 1.29 is 9.36 Å². The number of ketones is 1. The minimum absolute atomic E-state index is 0.177. The molecule has 0 unspecified atom stereocenters. The minimum atomic E-state index is 0.177. The number of carbonyl (C=O) groups is 1. The van der Waals surface area contributed by atoms with Gasteiger partial charge in [-0.15, -0.1) is 0 Å². The van der Waals surface area contributed by atoms with Crippen molar-refractivity contribution in [1.82, 2.24) is 0 Å². The van der Waals surface area contributed by atoms with Crippen molar-refractivity contribution in [3.05, 3.63) is 30.6 Å². The largest absolute Gasteiger partial charge is 0.293 e.